The maximum Gasteiger partial charge on any atom is 0.0553 e. The molecule has 1 unspecified atom stereocenters. The summed E-state index contributed by atoms with van der Waals surface area (Å²) in [5.41, 5.74) is 2.94. The third-order valence-corrected chi connectivity index (χ3v) is 3.71. The second-order valence-electron chi connectivity index (χ2n) is 5.63. The first-order valence-electron chi connectivity index (χ1n) is 6.43. The Morgan fingerprint density at radius 3 is 2.88 bits per heavy atom. The fourth-order valence-corrected chi connectivity index (χ4v) is 2.60. The largest absolute Gasteiger partial charge is 0.384 e. The Kier molecular flexibility index (Phi) is 3.85. The van der Waals surface area contributed by atoms with E-state index in [0.29, 0.717) is 5.92 Å². The van der Waals surface area contributed by atoms with E-state index >= 15 is 0 Å². The second kappa shape index (κ2) is 5.19. The summed E-state index contributed by atoms with van der Waals surface area (Å²) < 4.78 is 5.31. The van der Waals surface area contributed by atoms with Gasteiger partial charge in [-0.3, -0.25) is 0 Å². The van der Waals surface area contributed by atoms with E-state index in [4.69, 9.17) is 4.74 Å². The van der Waals surface area contributed by atoms with E-state index < -0.39 is 0 Å². The highest BCUT2D eigenvalue weighted by molar-refractivity contribution is 5.32. The number of ether oxygens (including phenoxy) is 1. The molecule has 2 rings (SSSR count). The van der Waals surface area contributed by atoms with Gasteiger partial charge in [0, 0.05) is 19.1 Å². The van der Waals surface area contributed by atoms with Crippen LogP contribution in [-0.4, -0.2) is 26.8 Å². The van der Waals surface area contributed by atoms with Gasteiger partial charge in [0.15, 0.2) is 0 Å². The van der Waals surface area contributed by atoms with Gasteiger partial charge in [0.25, 0.3) is 0 Å². The lowest BCUT2D eigenvalue weighted by Crippen LogP contribution is -2.23. The molecule has 1 fully saturated rings. The van der Waals surface area contributed by atoms with Crippen LogP contribution < -0.4 is 5.32 Å². The summed E-state index contributed by atoms with van der Waals surface area (Å²) in [7, 11) is 1.77. The third kappa shape index (κ3) is 2.88. The van der Waals surface area contributed by atoms with Crippen molar-refractivity contribution in [2.24, 2.45) is 0 Å². The third-order valence-electron chi connectivity index (χ3n) is 3.71. The molecule has 0 aromatic heterocycles. The van der Waals surface area contributed by atoms with Crippen LogP contribution in [0.15, 0.2) is 24.3 Å². The van der Waals surface area contributed by atoms with Crippen LogP contribution in [0.5, 0.6) is 0 Å². The van der Waals surface area contributed by atoms with Gasteiger partial charge in [-0.2, -0.15) is 0 Å². The van der Waals surface area contributed by atoms with Crippen LogP contribution in [0, 0.1) is 0 Å². The van der Waals surface area contributed by atoms with Crippen molar-refractivity contribution >= 4 is 0 Å². The fourth-order valence-electron chi connectivity index (χ4n) is 2.60. The lowest BCUT2D eigenvalue weighted by atomic mass is 9.83. The summed E-state index contributed by atoms with van der Waals surface area (Å²) in [6.07, 6.45) is 1.26. The van der Waals surface area contributed by atoms with Crippen LogP contribution in [0.3, 0.4) is 0 Å². The first kappa shape index (κ1) is 12.6. The van der Waals surface area contributed by atoms with Gasteiger partial charge in [-0.05, 0) is 30.0 Å². The van der Waals surface area contributed by atoms with Crippen LogP contribution in [0.2, 0.25) is 0 Å². The molecule has 0 spiro atoms. The molecule has 1 heterocycles. The zero-order valence-electron chi connectivity index (χ0n) is 11.1. The lowest BCUT2D eigenvalue weighted by molar-refractivity contribution is 0.146. The monoisotopic (exact) mass is 233 g/mol. The molecule has 0 bridgehead atoms. The Morgan fingerprint density at radius 2 is 2.24 bits per heavy atom. The molecule has 1 aromatic rings. The van der Waals surface area contributed by atoms with Gasteiger partial charge in [0.1, 0.15) is 0 Å². The zero-order chi connectivity index (χ0) is 12.3. The van der Waals surface area contributed by atoms with Crippen molar-refractivity contribution in [2.45, 2.75) is 31.6 Å². The molecule has 2 heteroatoms. The summed E-state index contributed by atoms with van der Waals surface area (Å²) in [5, 5.41) is 3.43. The molecule has 0 amide bonds. The summed E-state index contributed by atoms with van der Waals surface area (Å²) in [4.78, 5) is 0. The molecule has 1 aliphatic heterocycles. The molecule has 1 aromatic carbocycles. The molecular weight excluding hydrogens is 210 g/mol. The molecule has 1 N–H and O–H groups in total. The molecule has 1 aliphatic rings. The van der Waals surface area contributed by atoms with Gasteiger partial charge in [-0.15, -0.1) is 0 Å². The van der Waals surface area contributed by atoms with Crippen molar-refractivity contribution in [1.82, 2.24) is 5.32 Å². The number of benzene rings is 1. The van der Waals surface area contributed by atoms with Gasteiger partial charge in [-0.1, -0.05) is 38.1 Å². The van der Waals surface area contributed by atoms with Crippen molar-refractivity contribution in [3.63, 3.8) is 0 Å². The first-order valence-corrected chi connectivity index (χ1v) is 6.43. The van der Waals surface area contributed by atoms with Crippen molar-refractivity contribution in [3.8, 4) is 0 Å². The van der Waals surface area contributed by atoms with Crippen LogP contribution in [0.1, 0.15) is 37.3 Å². The standard InChI is InChI=1S/C15H23NO/c1-15(2,11-17-3)14-6-4-5-12(9-14)13-7-8-16-10-13/h4-6,9,13,16H,7-8,10-11H2,1-3H3. The van der Waals surface area contributed by atoms with Gasteiger partial charge in [0.2, 0.25) is 0 Å². The Balaban J connectivity index is 2.21. The second-order valence-corrected chi connectivity index (χ2v) is 5.63. The molecule has 94 valence electrons. The Bertz CT molecular complexity index is 367. The molecule has 17 heavy (non-hydrogen) atoms. The summed E-state index contributed by atoms with van der Waals surface area (Å²) in [6, 6.07) is 9.01. The van der Waals surface area contributed by atoms with Gasteiger partial charge < -0.3 is 10.1 Å². The van der Waals surface area contributed by atoms with Crippen LogP contribution >= 0.6 is 0 Å². The first-order chi connectivity index (χ1) is 8.13. The number of nitrogens with one attached hydrogen (secondary N) is 1. The van der Waals surface area contributed by atoms with Crippen molar-refractivity contribution < 1.29 is 4.74 Å². The number of rotatable bonds is 4. The number of hydrogen-bond acceptors (Lipinski definition) is 2. The Morgan fingerprint density at radius 1 is 1.41 bits per heavy atom. The van der Waals surface area contributed by atoms with E-state index in [-0.39, 0.29) is 5.41 Å². The molecule has 0 aliphatic carbocycles. The average molecular weight is 233 g/mol. The lowest BCUT2D eigenvalue weighted by Gasteiger charge is -2.25. The van der Waals surface area contributed by atoms with Crippen LogP contribution in [-0.2, 0) is 10.2 Å². The highest BCUT2D eigenvalue weighted by Gasteiger charge is 2.23. The van der Waals surface area contributed by atoms with E-state index in [9.17, 15) is 0 Å². The topological polar surface area (TPSA) is 21.3 Å². The van der Waals surface area contributed by atoms with E-state index in [1.54, 1.807) is 7.11 Å². The number of methoxy groups -OCH3 is 1. The minimum absolute atomic E-state index is 0.0940. The van der Waals surface area contributed by atoms with Crippen molar-refractivity contribution in [1.29, 1.82) is 0 Å². The van der Waals surface area contributed by atoms with Crippen molar-refractivity contribution in [2.75, 3.05) is 26.8 Å². The van der Waals surface area contributed by atoms with E-state index in [0.717, 1.165) is 19.7 Å². The van der Waals surface area contributed by atoms with Crippen LogP contribution in [0.25, 0.3) is 0 Å². The average Bonchev–Trinajstić information content (AvgIpc) is 2.82. The van der Waals surface area contributed by atoms with Crippen LogP contribution in [0.4, 0.5) is 0 Å². The SMILES string of the molecule is COCC(C)(C)c1cccc(C2CCNC2)c1. The predicted octanol–water partition coefficient (Wildman–Crippen LogP) is 2.69. The van der Waals surface area contributed by atoms with E-state index in [1.165, 1.54) is 17.5 Å². The van der Waals surface area contributed by atoms with Gasteiger partial charge in [-0.25, -0.2) is 0 Å². The normalized spacial score (nSPS) is 20.8. The Labute approximate surface area is 104 Å². The summed E-state index contributed by atoms with van der Waals surface area (Å²) in [5.74, 6) is 0.688. The van der Waals surface area contributed by atoms with Gasteiger partial charge >= 0.3 is 0 Å². The molecule has 1 atom stereocenters. The smallest absolute Gasteiger partial charge is 0.0553 e. The summed E-state index contributed by atoms with van der Waals surface area (Å²) >= 11 is 0. The van der Waals surface area contributed by atoms with Gasteiger partial charge in [0.05, 0.1) is 6.61 Å². The quantitative estimate of drug-likeness (QED) is 0.863. The highest BCUT2D eigenvalue weighted by Crippen LogP contribution is 2.28. The van der Waals surface area contributed by atoms with E-state index in [1.807, 2.05) is 0 Å². The van der Waals surface area contributed by atoms with E-state index in [2.05, 4.69) is 43.4 Å². The Hall–Kier alpha value is -0.860. The minimum Gasteiger partial charge on any atom is -0.384 e. The zero-order valence-corrected chi connectivity index (χ0v) is 11.1. The van der Waals surface area contributed by atoms with Crippen molar-refractivity contribution in [3.05, 3.63) is 35.4 Å². The predicted molar refractivity (Wildman–Crippen MR) is 71.6 cm³/mol. The minimum atomic E-state index is 0.0940. The maximum atomic E-state index is 5.31. The maximum absolute atomic E-state index is 5.31. The summed E-state index contributed by atoms with van der Waals surface area (Å²) in [6.45, 7) is 7.51. The molecule has 2 nitrogen and oxygen atoms in total. The molecule has 1 saturated heterocycles. The fraction of sp³-hybridized carbons (Fsp3) is 0.600. The molecule has 0 radical (unpaired) electrons. The highest BCUT2D eigenvalue weighted by atomic mass is 16.5. The molecular formula is C15H23NO. The number of hydrogen-bond donors (Lipinski definition) is 1. The molecule has 0 saturated carbocycles.